The van der Waals surface area contributed by atoms with Gasteiger partial charge in [-0.05, 0) is 81.1 Å². The number of rotatable bonds is 7. The third-order valence-corrected chi connectivity index (χ3v) is 9.42. The highest BCUT2D eigenvalue weighted by molar-refractivity contribution is 5.91. The summed E-state index contributed by atoms with van der Waals surface area (Å²) in [4.78, 5) is 24.9. The molecule has 0 heterocycles. The van der Waals surface area contributed by atoms with E-state index in [9.17, 15) is 9.59 Å². The first-order valence-electron chi connectivity index (χ1n) is 13.0. The van der Waals surface area contributed by atoms with Crippen molar-refractivity contribution >= 4 is 11.8 Å². The Morgan fingerprint density at radius 2 is 2.03 bits per heavy atom. The molecule has 4 rings (SSSR count). The van der Waals surface area contributed by atoms with Crippen molar-refractivity contribution in [1.29, 1.82) is 0 Å². The van der Waals surface area contributed by atoms with E-state index in [1.165, 1.54) is 11.1 Å². The first-order valence-corrected chi connectivity index (χ1v) is 13.0. The second-order valence-corrected chi connectivity index (χ2v) is 10.8. The van der Waals surface area contributed by atoms with Crippen LogP contribution in [0.2, 0.25) is 0 Å². The average molecular weight is 437 g/mol. The maximum atomic E-state index is 12.9. The lowest BCUT2D eigenvalue weighted by atomic mass is 9.48. The third-order valence-electron chi connectivity index (χ3n) is 9.42. The minimum absolute atomic E-state index is 0.125. The fraction of sp³-hybridized carbons (Fsp3) is 0.724. The number of allylic oxidation sites excluding steroid dienone is 2. The summed E-state index contributed by atoms with van der Waals surface area (Å²) >= 11 is 0. The molecule has 0 amide bonds. The molecule has 0 aromatic carbocycles. The first-order chi connectivity index (χ1) is 15.4. The largest absolute Gasteiger partial charge is 0.445 e. The van der Waals surface area contributed by atoms with Crippen molar-refractivity contribution in [2.75, 3.05) is 0 Å². The lowest BCUT2D eigenvalue weighted by Crippen LogP contribution is -2.55. The summed E-state index contributed by atoms with van der Waals surface area (Å²) in [5.74, 6) is 5.12. The molecular weight excluding hydrogens is 396 g/mol. The van der Waals surface area contributed by atoms with Gasteiger partial charge in [0.1, 0.15) is 0 Å². The molecule has 0 spiro atoms. The smallest absolute Gasteiger partial charge is 0.307 e. The molecule has 3 nitrogen and oxygen atoms in total. The van der Waals surface area contributed by atoms with Crippen LogP contribution in [0.1, 0.15) is 97.3 Å². The van der Waals surface area contributed by atoms with Crippen LogP contribution < -0.4 is 0 Å². The highest BCUT2D eigenvalue weighted by Gasteiger charge is 2.66. The van der Waals surface area contributed by atoms with Gasteiger partial charge in [-0.3, -0.25) is 9.59 Å². The summed E-state index contributed by atoms with van der Waals surface area (Å²) in [6.45, 7) is 8.99. The van der Waals surface area contributed by atoms with Gasteiger partial charge >= 0.3 is 5.97 Å². The van der Waals surface area contributed by atoms with Crippen LogP contribution in [-0.2, 0) is 14.3 Å². The van der Waals surface area contributed by atoms with Crippen molar-refractivity contribution in [3.05, 3.63) is 23.8 Å². The third kappa shape index (κ3) is 3.68. The molecule has 0 radical (unpaired) electrons. The molecule has 6 atom stereocenters. The number of fused-ring (bicyclic) bond motifs is 5. The zero-order valence-electron chi connectivity index (χ0n) is 20.1. The van der Waals surface area contributed by atoms with Gasteiger partial charge in [-0.2, -0.15) is 0 Å². The number of carbonyl (C=O) groups excluding carboxylic acids is 2. The number of esters is 1. The SMILES string of the molecule is C#C[C@]1(OC(=O)CCCCCC)CC[C@H]2[C@@H]3CCC4=CC(=O)CC[C@@H]4[C@H]3C(=C)C[C@@]21CC. The van der Waals surface area contributed by atoms with Gasteiger partial charge in [0.2, 0.25) is 0 Å². The molecule has 0 bridgehead atoms. The summed E-state index contributed by atoms with van der Waals surface area (Å²) in [6, 6.07) is 0. The second-order valence-electron chi connectivity index (χ2n) is 10.8. The van der Waals surface area contributed by atoms with Crippen LogP contribution in [0.5, 0.6) is 0 Å². The Morgan fingerprint density at radius 1 is 1.22 bits per heavy atom. The molecule has 32 heavy (non-hydrogen) atoms. The normalized spacial score (nSPS) is 38.2. The highest BCUT2D eigenvalue weighted by Crippen LogP contribution is 2.68. The van der Waals surface area contributed by atoms with Crippen LogP contribution in [0, 0.1) is 41.4 Å². The van der Waals surface area contributed by atoms with E-state index in [4.69, 9.17) is 11.2 Å². The predicted molar refractivity (Wildman–Crippen MR) is 128 cm³/mol. The molecule has 4 aliphatic carbocycles. The van der Waals surface area contributed by atoms with Crippen molar-refractivity contribution in [2.24, 2.45) is 29.1 Å². The Bertz CT molecular complexity index is 845. The molecule has 0 aliphatic heterocycles. The molecule has 0 saturated heterocycles. The van der Waals surface area contributed by atoms with Gasteiger partial charge in [-0.25, -0.2) is 0 Å². The first kappa shape index (κ1) is 23.3. The summed E-state index contributed by atoms with van der Waals surface area (Å²) < 4.78 is 6.27. The van der Waals surface area contributed by atoms with E-state index in [2.05, 4.69) is 26.3 Å². The standard InChI is InChI=1S/C29H40O3/c1-5-8-9-10-11-26(31)32-29(7-3)17-16-25-24-14-12-21-18-22(30)13-15-23(21)27(24)20(4)19-28(25,29)6-2/h3,18,23-25,27H,4-6,8-17,19H2,1-2H3/t23-,24-,25-,27+,28-,29-/m0/s1. The molecule has 0 aromatic heterocycles. The number of unbranched alkanes of at least 4 members (excludes halogenated alkanes) is 3. The minimum atomic E-state index is -0.805. The Hall–Kier alpha value is -1.82. The van der Waals surface area contributed by atoms with Crippen molar-refractivity contribution in [3.63, 3.8) is 0 Å². The van der Waals surface area contributed by atoms with E-state index in [-0.39, 0.29) is 17.2 Å². The molecule has 0 N–H and O–H groups in total. The van der Waals surface area contributed by atoms with Gasteiger partial charge in [0.05, 0.1) is 0 Å². The van der Waals surface area contributed by atoms with E-state index < -0.39 is 5.60 Å². The second kappa shape index (κ2) is 9.20. The van der Waals surface area contributed by atoms with Crippen LogP contribution in [0.3, 0.4) is 0 Å². The Kier molecular flexibility index (Phi) is 6.71. The fourth-order valence-corrected chi connectivity index (χ4v) is 8.00. The van der Waals surface area contributed by atoms with E-state index >= 15 is 0 Å². The quantitative estimate of drug-likeness (QED) is 0.196. The van der Waals surface area contributed by atoms with Gasteiger partial charge in [0, 0.05) is 18.3 Å². The Balaban J connectivity index is 1.58. The van der Waals surface area contributed by atoms with E-state index in [0.717, 1.165) is 70.6 Å². The van der Waals surface area contributed by atoms with Crippen molar-refractivity contribution in [2.45, 2.75) is 103 Å². The molecule has 3 saturated carbocycles. The number of ketones is 1. The monoisotopic (exact) mass is 436 g/mol. The van der Waals surface area contributed by atoms with Gasteiger partial charge in [0.25, 0.3) is 0 Å². The Labute approximate surface area is 194 Å². The number of hydrogen-bond donors (Lipinski definition) is 0. The summed E-state index contributed by atoms with van der Waals surface area (Å²) in [5, 5.41) is 0. The molecule has 0 aromatic rings. The van der Waals surface area contributed by atoms with Gasteiger partial charge in [0.15, 0.2) is 11.4 Å². The summed E-state index contributed by atoms with van der Waals surface area (Å²) in [6.07, 6.45) is 20.1. The topological polar surface area (TPSA) is 43.4 Å². The van der Waals surface area contributed by atoms with E-state index in [0.29, 0.717) is 36.5 Å². The van der Waals surface area contributed by atoms with Gasteiger partial charge in [-0.1, -0.05) is 56.8 Å². The zero-order chi connectivity index (χ0) is 22.9. The van der Waals surface area contributed by atoms with Crippen molar-refractivity contribution in [1.82, 2.24) is 0 Å². The zero-order valence-corrected chi connectivity index (χ0v) is 20.1. The maximum Gasteiger partial charge on any atom is 0.307 e. The molecule has 174 valence electrons. The maximum absolute atomic E-state index is 12.9. The Morgan fingerprint density at radius 3 is 2.75 bits per heavy atom. The fourth-order valence-electron chi connectivity index (χ4n) is 8.00. The van der Waals surface area contributed by atoms with Crippen LogP contribution in [0.25, 0.3) is 0 Å². The minimum Gasteiger partial charge on any atom is -0.445 e. The van der Waals surface area contributed by atoms with Crippen molar-refractivity contribution in [3.8, 4) is 12.3 Å². The van der Waals surface area contributed by atoms with Crippen LogP contribution in [0.4, 0.5) is 0 Å². The lowest BCUT2D eigenvalue weighted by molar-refractivity contribution is -0.170. The number of carbonyl (C=O) groups is 2. The molecule has 4 aliphatic rings. The van der Waals surface area contributed by atoms with Crippen molar-refractivity contribution < 1.29 is 14.3 Å². The predicted octanol–water partition coefficient (Wildman–Crippen LogP) is 6.57. The van der Waals surface area contributed by atoms with E-state index in [1.807, 2.05) is 6.08 Å². The molecule has 0 unspecified atom stereocenters. The number of terminal acetylenes is 1. The summed E-state index contributed by atoms with van der Waals surface area (Å²) in [5.41, 5.74) is 1.62. The van der Waals surface area contributed by atoms with Crippen LogP contribution in [-0.4, -0.2) is 17.4 Å². The summed E-state index contributed by atoms with van der Waals surface area (Å²) in [7, 11) is 0. The number of hydrogen-bond acceptors (Lipinski definition) is 3. The van der Waals surface area contributed by atoms with Gasteiger partial charge in [-0.15, -0.1) is 6.42 Å². The highest BCUT2D eigenvalue weighted by atomic mass is 16.6. The molecule has 3 heteroatoms. The van der Waals surface area contributed by atoms with Crippen LogP contribution in [0.15, 0.2) is 23.8 Å². The molecule has 3 fully saturated rings. The van der Waals surface area contributed by atoms with Gasteiger partial charge < -0.3 is 4.74 Å². The lowest BCUT2D eigenvalue weighted by Gasteiger charge is -2.57. The average Bonchev–Trinajstić information content (AvgIpc) is 3.10. The van der Waals surface area contributed by atoms with Crippen LogP contribution >= 0.6 is 0 Å². The number of ether oxygens (including phenoxy) is 1. The molecular formula is C29H40O3. The van der Waals surface area contributed by atoms with E-state index in [1.54, 1.807) is 0 Å².